The highest BCUT2D eigenvalue weighted by molar-refractivity contribution is 7.92. The van der Waals surface area contributed by atoms with Gasteiger partial charge in [-0.15, -0.1) is 0 Å². The number of benzene rings is 3. The molecular weight excluding hydrogens is 486 g/mol. The van der Waals surface area contributed by atoms with Crippen LogP contribution < -0.4 is 9.62 Å². The number of carbonyl (C=O) groups excluding carboxylic acids is 2. The molecule has 0 aliphatic carbocycles. The number of rotatable bonds is 10. The molecule has 0 heterocycles. The Morgan fingerprint density at radius 2 is 1.35 bits per heavy atom. The van der Waals surface area contributed by atoms with Crippen molar-refractivity contribution in [2.24, 2.45) is 0 Å². The Hall–Kier alpha value is -3.65. The maximum absolute atomic E-state index is 13.9. The minimum atomic E-state index is -4.05. The fourth-order valence-corrected chi connectivity index (χ4v) is 5.43. The van der Waals surface area contributed by atoms with Crippen LogP contribution in [0.3, 0.4) is 0 Å². The van der Waals surface area contributed by atoms with Gasteiger partial charge < -0.3 is 10.2 Å². The number of sulfonamides is 1. The molecule has 3 rings (SSSR count). The molecule has 0 aromatic heterocycles. The van der Waals surface area contributed by atoms with Crippen LogP contribution in [0.1, 0.15) is 39.7 Å². The van der Waals surface area contributed by atoms with Crippen molar-refractivity contribution in [2.75, 3.05) is 10.8 Å². The summed E-state index contributed by atoms with van der Waals surface area (Å²) in [5.41, 5.74) is 0.722. The van der Waals surface area contributed by atoms with Gasteiger partial charge in [0.25, 0.3) is 10.0 Å². The number of nitrogens with one attached hydrogen (secondary N) is 1. The van der Waals surface area contributed by atoms with E-state index in [9.17, 15) is 18.0 Å². The molecule has 1 atom stereocenters. The minimum absolute atomic E-state index is 0.0822. The van der Waals surface area contributed by atoms with Crippen LogP contribution in [0.15, 0.2) is 95.9 Å². The van der Waals surface area contributed by atoms with Crippen LogP contribution in [0.5, 0.6) is 0 Å². The topological polar surface area (TPSA) is 86.8 Å². The third-order valence-corrected chi connectivity index (χ3v) is 7.52. The molecular formula is C29H35N3O4S. The largest absolute Gasteiger partial charge is 0.350 e. The van der Waals surface area contributed by atoms with E-state index in [1.54, 1.807) is 48.5 Å². The summed E-state index contributed by atoms with van der Waals surface area (Å²) in [7, 11) is -4.05. The van der Waals surface area contributed by atoms with Crippen molar-refractivity contribution >= 4 is 27.5 Å². The molecule has 7 nitrogen and oxygen atoms in total. The third kappa shape index (κ3) is 7.43. The minimum Gasteiger partial charge on any atom is -0.350 e. The number of hydrogen-bond donors (Lipinski definition) is 1. The summed E-state index contributed by atoms with van der Waals surface area (Å²) in [4.78, 5) is 28.7. The summed E-state index contributed by atoms with van der Waals surface area (Å²) in [5, 5.41) is 2.97. The Balaban J connectivity index is 2.02. The summed E-state index contributed by atoms with van der Waals surface area (Å²) in [6.45, 7) is 7.20. The van der Waals surface area contributed by atoms with E-state index in [0.717, 1.165) is 9.87 Å². The Labute approximate surface area is 220 Å². The van der Waals surface area contributed by atoms with Gasteiger partial charge in [0, 0.05) is 12.1 Å². The fraction of sp³-hybridized carbons (Fsp3) is 0.310. The molecule has 196 valence electrons. The van der Waals surface area contributed by atoms with E-state index in [1.807, 2.05) is 58.0 Å². The molecule has 1 N–H and O–H groups in total. The first-order chi connectivity index (χ1) is 17.5. The molecule has 0 saturated heterocycles. The zero-order chi connectivity index (χ0) is 27.1. The van der Waals surface area contributed by atoms with Crippen molar-refractivity contribution in [3.8, 4) is 0 Å². The number of amides is 2. The molecule has 0 aliphatic heterocycles. The molecule has 0 fully saturated rings. The Bertz CT molecular complexity index is 1270. The summed E-state index contributed by atoms with van der Waals surface area (Å²) >= 11 is 0. The summed E-state index contributed by atoms with van der Waals surface area (Å²) < 4.78 is 28.5. The molecule has 0 aliphatic rings. The normalized spacial score (nSPS) is 12.4. The zero-order valence-electron chi connectivity index (χ0n) is 21.8. The van der Waals surface area contributed by atoms with Crippen molar-refractivity contribution in [3.05, 3.63) is 96.6 Å². The SMILES string of the molecule is CC[C@@H](C(=O)NC(C)(C)C)N(Cc1ccccc1)C(=O)CN(c1ccccc1)S(=O)(=O)c1ccccc1. The van der Waals surface area contributed by atoms with Gasteiger partial charge in [0.1, 0.15) is 12.6 Å². The zero-order valence-corrected chi connectivity index (χ0v) is 22.6. The number of hydrogen-bond acceptors (Lipinski definition) is 4. The lowest BCUT2D eigenvalue weighted by Gasteiger charge is -2.34. The van der Waals surface area contributed by atoms with E-state index in [2.05, 4.69) is 5.32 Å². The lowest BCUT2D eigenvalue weighted by Crippen LogP contribution is -2.55. The molecule has 0 bridgehead atoms. The van der Waals surface area contributed by atoms with Crippen LogP contribution in [0.25, 0.3) is 0 Å². The highest BCUT2D eigenvalue weighted by atomic mass is 32.2. The van der Waals surface area contributed by atoms with Gasteiger partial charge in [-0.1, -0.05) is 73.7 Å². The van der Waals surface area contributed by atoms with Crippen LogP contribution in [0.4, 0.5) is 5.69 Å². The second-order valence-electron chi connectivity index (χ2n) is 9.83. The highest BCUT2D eigenvalue weighted by Gasteiger charge is 2.34. The second kappa shape index (κ2) is 12.1. The number of nitrogens with zero attached hydrogens (tertiary/aromatic N) is 2. The van der Waals surface area contributed by atoms with Crippen molar-refractivity contribution in [3.63, 3.8) is 0 Å². The van der Waals surface area contributed by atoms with Crippen LogP contribution in [-0.2, 0) is 26.2 Å². The first-order valence-electron chi connectivity index (χ1n) is 12.3. The maximum Gasteiger partial charge on any atom is 0.264 e. The van der Waals surface area contributed by atoms with Gasteiger partial charge in [0.15, 0.2) is 0 Å². The first-order valence-corrected chi connectivity index (χ1v) is 13.7. The number of para-hydroxylation sites is 1. The maximum atomic E-state index is 13.9. The van der Waals surface area contributed by atoms with Crippen LogP contribution >= 0.6 is 0 Å². The van der Waals surface area contributed by atoms with Crippen LogP contribution in [0.2, 0.25) is 0 Å². The van der Waals surface area contributed by atoms with Crippen molar-refractivity contribution in [2.45, 2.75) is 57.1 Å². The third-order valence-electron chi connectivity index (χ3n) is 5.73. The number of carbonyl (C=O) groups is 2. The Kier molecular flexibility index (Phi) is 9.10. The van der Waals surface area contributed by atoms with Gasteiger partial charge in [-0.3, -0.25) is 13.9 Å². The molecule has 8 heteroatoms. The monoisotopic (exact) mass is 521 g/mol. The van der Waals surface area contributed by atoms with Crippen molar-refractivity contribution in [1.82, 2.24) is 10.2 Å². The molecule has 0 spiro atoms. The van der Waals surface area contributed by atoms with Gasteiger partial charge in [0.2, 0.25) is 11.8 Å². The predicted molar refractivity (Wildman–Crippen MR) is 146 cm³/mol. The van der Waals surface area contributed by atoms with Crippen LogP contribution in [0, 0.1) is 0 Å². The molecule has 0 radical (unpaired) electrons. The summed E-state index contributed by atoms with van der Waals surface area (Å²) in [5.74, 6) is -0.750. The molecule has 3 aromatic carbocycles. The average molecular weight is 522 g/mol. The molecule has 2 amide bonds. The van der Waals surface area contributed by atoms with Gasteiger partial charge in [-0.2, -0.15) is 0 Å². The van der Waals surface area contributed by atoms with Crippen molar-refractivity contribution < 1.29 is 18.0 Å². The van der Waals surface area contributed by atoms with Gasteiger partial charge in [-0.05, 0) is 57.0 Å². The number of anilines is 1. The van der Waals surface area contributed by atoms with E-state index in [-0.39, 0.29) is 17.3 Å². The van der Waals surface area contributed by atoms with Gasteiger partial charge >= 0.3 is 0 Å². The summed E-state index contributed by atoms with van der Waals surface area (Å²) in [6.07, 6.45) is 0.372. The molecule has 3 aromatic rings. The lowest BCUT2D eigenvalue weighted by atomic mass is 10.1. The van der Waals surface area contributed by atoms with E-state index in [1.165, 1.54) is 17.0 Å². The smallest absolute Gasteiger partial charge is 0.264 e. The molecule has 0 saturated carbocycles. The van der Waals surface area contributed by atoms with Gasteiger partial charge in [0.05, 0.1) is 10.6 Å². The first kappa shape index (κ1) is 27.9. The highest BCUT2D eigenvalue weighted by Crippen LogP contribution is 2.24. The van der Waals surface area contributed by atoms with Crippen molar-refractivity contribution in [1.29, 1.82) is 0 Å². The molecule has 0 unspecified atom stereocenters. The van der Waals surface area contributed by atoms with E-state index < -0.39 is 34.1 Å². The lowest BCUT2D eigenvalue weighted by molar-refractivity contribution is -0.141. The predicted octanol–water partition coefficient (Wildman–Crippen LogP) is 4.60. The van der Waals surface area contributed by atoms with E-state index >= 15 is 0 Å². The van der Waals surface area contributed by atoms with Crippen LogP contribution in [-0.4, -0.2) is 43.3 Å². The Morgan fingerprint density at radius 3 is 1.86 bits per heavy atom. The quantitative estimate of drug-likeness (QED) is 0.422. The average Bonchev–Trinajstić information content (AvgIpc) is 2.87. The van der Waals surface area contributed by atoms with Gasteiger partial charge in [-0.25, -0.2) is 8.42 Å². The second-order valence-corrected chi connectivity index (χ2v) is 11.7. The van der Waals surface area contributed by atoms with E-state index in [4.69, 9.17) is 0 Å². The summed E-state index contributed by atoms with van der Waals surface area (Å²) in [6, 6.07) is 25.1. The Morgan fingerprint density at radius 1 is 0.838 bits per heavy atom. The fourth-order valence-electron chi connectivity index (χ4n) is 4.00. The molecule has 37 heavy (non-hydrogen) atoms. The standard InChI is InChI=1S/C29H35N3O4S/c1-5-26(28(34)30-29(2,3)4)31(21-23-15-9-6-10-16-23)27(33)22-32(24-17-11-7-12-18-24)37(35,36)25-19-13-8-14-20-25/h6-20,26H,5,21-22H2,1-4H3,(H,30,34)/t26-/m0/s1. The van der Waals surface area contributed by atoms with E-state index in [0.29, 0.717) is 12.1 Å².